The molecule has 0 aliphatic carbocycles. The average molecular weight is 255 g/mol. The molecular formula is C14H13N3O2. The zero-order valence-corrected chi connectivity index (χ0v) is 10.1. The van der Waals surface area contributed by atoms with Crippen molar-refractivity contribution < 1.29 is 9.59 Å². The molecule has 0 unspecified atom stereocenters. The van der Waals surface area contributed by atoms with Crippen molar-refractivity contribution in [2.45, 2.75) is 0 Å². The summed E-state index contributed by atoms with van der Waals surface area (Å²) in [6.45, 7) is 0. The van der Waals surface area contributed by atoms with Crippen molar-refractivity contribution >= 4 is 23.1 Å². The van der Waals surface area contributed by atoms with Gasteiger partial charge in [0.25, 0.3) is 0 Å². The molecule has 0 radical (unpaired) electrons. The Morgan fingerprint density at radius 2 is 1.37 bits per heavy atom. The minimum absolute atomic E-state index is 0.262. The number of carbonyl (C=O) groups excluding carboxylic acids is 2. The summed E-state index contributed by atoms with van der Waals surface area (Å²) in [6.07, 6.45) is 0. The highest BCUT2D eigenvalue weighted by Gasteiger charge is 2.12. The molecule has 0 fully saturated rings. The van der Waals surface area contributed by atoms with Crippen LogP contribution in [0.1, 0.15) is 26.3 Å². The highest BCUT2D eigenvalue weighted by molar-refractivity contribution is 6.11. The van der Waals surface area contributed by atoms with Crippen molar-refractivity contribution in [1.29, 1.82) is 0 Å². The molecule has 2 aromatic carbocycles. The van der Waals surface area contributed by atoms with Crippen molar-refractivity contribution in [3.63, 3.8) is 0 Å². The van der Waals surface area contributed by atoms with Crippen LogP contribution in [0.15, 0.2) is 42.5 Å². The Bertz CT molecular complexity index is 645. The van der Waals surface area contributed by atoms with Crippen molar-refractivity contribution in [3.8, 4) is 0 Å². The van der Waals surface area contributed by atoms with E-state index >= 15 is 0 Å². The second-order valence-corrected chi connectivity index (χ2v) is 4.16. The third kappa shape index (κ3) is 2.71. The summed E-state index contributed by atoms with van der Waals surface area (Å²) < 4.78 is 0. The van der Waals surface area contributed by atoms with Gasteiger partial charge in [-0.25, -0.2) is 0 Å². The fraction of sp³-hybridized carbons (Fsp3) is 0. The van der Waals surface area contributed by atoms with Crippen LogP contribution < -0.4 is 17.2 Å². The molecule has 2 rings (SSSR count). The molecule has 0 saturated heterocycles. The van der Waals surface area contributed by atoms with Gasteiger partial charge < -0.3 is 17.2 Å². The van der Waals surface area contributed by atoms with Crippen LogP contribution >= 0.6 is 0 Å². The second-order valence-electron chi connectivity index (χ2n) is 4.16. The first-order valence-electron chi connectivity index (χ1n) is 5.58. The van der Waals surface area contributed by atoms with E-state index in [1.807, 2.05) is 0 Å². The molecule has 5 heteroatoms. The van der Waals surface area contributed by atoms with Crippen LogP contribution in [0.2, 0.25) is 0 Å². The SMILES string of the molecule is NC(=O)c1cccc(C(=O)c2cc(N)cc(N)c2)c1. The number of amides is 1. The summed E-state index contributed by atoms with van der Waals surface area (Å²) in [5.41, 5.74) is 18.3. The van der Waals surface area contributed by atoms with Gasteiger partial charge in [-0.1, -0.05) is 12.1 Å². The lowest BCUT2D eigenvalue weighted by Gasteiger charge is -2.05. The lowest BCUT2D eigenvalue weighted by atomic mass is 10.0. The Balaban J connectivity index is 2.44. The van der Waals surface area contributed by atoms with E-state index in [9.17, 15) is 9.59 Å². The van der Waals surface area contributed by atoms with Gasteiger partial charge >= 0.3 is 0 Å². The second kappa shape index (κ2) is 4.81. The minimum Gasteiger partial charge on any atom is -0.399 e. The average Bonchev–Trinajstić information content (AvgIpc) is 2.37. The van der Waals surface area contributed by atoms with Crippen LogP contribution in [0.4, 0.5) is 11.4 Å². The lowest BCUT2D eigenvalue weighted by Crippen LogP contribution is -2.12. The van der Waals surface area contributed by atoms with E-state index in [0.29, 0.717) is 22.5 Å². The third-order valence-corrected chi connectivity index (χ3v) is 2.65. The number of nitrogen functional groups attached to an aromatic ring is 2. The molecule has 0 atom stereocenters. The predicted octanol–water partition coefficient (Wildman–Crippen LogP) is 1.18. The van der Waals surface area contributed by atoms with Gasteiger partial charge in [0.1, 0.15) is 0 Å². The Morgan fingerprint density at radius 3 is 1.95 bits per heavy atom. The highest BCUT2D eigenvalue weighted by atomic mass is 16.1. The number of hydrogen-bond donors (Lipinski definition) is 3. The largest absolute Gasteiger partial charge is 0.399 e. The first-order valence-corrected chi connectivity index (χ1v) is 5.58. The summed E-state index contributed by atoms with van der Waals surface area (Å²) in [6, 6.07) is 10.8. The number of ketones is 1. The molecular weight excluding hydrogens is 242 g/mol. The molecule has 6 N–H and O–H groups in total. The smallest absolute Gasteiger partial charge is 0.248 e. The molecule has 0 heterocycles. The van der Waals surface area contributed by atoms with Gasteiger partial charge in [0.05, 0.1) is 0 Å². The minimum atomic E-state index is -0.582. The highest BCUT2D eigenvalue weighted by Crippen LogP contribution is 2.18. The molecule has 19 heavy (non-hydrogen) atoms. The predicted molar refractivity (Wildman–Crippen MR) is 73.7 cm³/mol. The Hall–Kier alpha value is -2.82. The van der Waals surface area contributed by atoms with Gasteiger partial charge in [-0.2, -0.15) is 0 Å². The summed E-state index contributed by atoms with van der Waals surface area (Å²) in [5, 5.41) is 0. The van der Waals surface area contributed by atoms with Crippen LogP contribution in [0.3, 0.4) is 0 Å². The molecule has 0 bridgehead atoms. The summed E-state index contributed by atoms with van der Waals surface area (Å²) in [5.74, 6) is -0.844. The molecule has 0 aromatic heterocycles. The van der Waals surface area contributed by atoms with Crippen LogP contribution in [0, 0.1) is 0 Å². The number of rotatable bonds is 3. The van der Waals surface area contributed by atoms with Gasteiger partial charge in [0.15, 0.2) is 5.78 Å². The maximum absolute atomic E-state index is 12.3. The van der Waals surface area contributed by atoms with Gasteiger partial charge in [-0.15, -0.1) is 0 Å². The van der Waals surface area contributed by atoms with E-state index in [1.165, 1.54) is 18.2 Å². The van der Waals surface area contributed by atoms with Crippen LogP contribution in [0.5, 0.6) is 0 Å². The molecule has 0 aliphatic rings. The fourth-order valence-corrected chi connectivity index (χ4v) is 1.79. The summed E-state index contributed by atoms with van der Waals surface area (Å²) in [7, 11) is 0. The van der Waals surface area contributed by atoms with Crippen molar-refractivity contribution in [3.05, 3.63) is 59.2 Å². The van der Waals surface area contributed by atoms with E-state index < -0.39 is 5.91 Å². The third-order valence-electron chi connectivity index (χ3n) is 2.65. The van der Waals surface area contributed by atoms with Crippen LogP contribution in [-0.2, 0) is 0 Å². The fourth-order valence-electron chi connectivity index (χ4n) is 1.79. The van der Waals surface area contributed by atoms with Gasteiger partial charge in [0.2, 0.25) is 5.91 Å². The number of benzene rings is 2. The number of carbonyl (C=O) groups is 2. The number of hydrogen-bond acceptors (Lipinski definition) is 4. The molecule has 5 nitrogen and oxygen atoms in total. The van der Waals surface area contributed by atoms with Crippen molar-refractivity contribution in [2.24, 2.45) is 5.73 Å². The topological polar surface area (TPSA) is 112 Å². The first kappa shape index (κ1) is 12.6. The van der Waals surface area contributed by atoms with E-state index in [1.54, 1.807) is 24.3 Å². The number of primary amides is 1. The van der Waals surface area contributed by atoms with Gasteiger partial charge in [-0.05, 0) is 30.3 Å². The number of anilines is 2. The van der Waals surface area contributed by atoms with Crippen LogP contribution in [0.25, 0.3) is 0 Å². The molecule has 0 spiro atoms. The zero-order chi connectivity index (χ0) is 14.0. The number of nitrogens with two attached hydrogens (primary N) is 3. The van der Waals surface area contributed by atoms with E-state index in [4.69, 9.17) is 17.2 Å². The van der Waals surface area contributed by atoms with Crippen molar-refractivity contribution in [2.75, 3.05) is 11.5 Å². The normalized spacial score (nSPS) is 10.1. The van der Waals surface area contributed by atoms with Crippen LogP contribution in [-0.4, -0.2) is 11.7 Å². The van der Waals surface area contributed by atoms with E-state index in [2.05, 4.69) is 0 Å². The van der Waals surface area contributed by atoms with Crippen molar-refractivity contribution in [1.82, 2.24) is 0 Å². The molecule has 2 aromatic rings. The van der Waals surface area contributed by atoms with Gasteiger partial charge in [-0.3, -0.25) is 9.59 Å². The Labute approximate surface area is 110 Å². The maximum atomic E-state index is 12.3. The summed E-state index contributed by atoms with van der Waals surface area (Å²) >= 11 is 0. The zero-order valence-electron chi connectivity index (χ0n) is 10.1. The Kier molecular flexibility index (Phi) is 3.20. The Morgan fingerprint density at radius 1 is 0.789 bits per heavy atom. The molecule has 1 amide bonds. The van der Waals surface area contributed by atoms with E-state index in [-0.39, 0.29) is 11.3 Å². The standard InChI is InChI=1S/C14H13N3O2/c15-11-5-10(6-12(16)7-11)13(18)8-2-1-3-9(4-8)14(17)19/h1-7H,15-16H2,(H2,17,19). The maximum Gasteiger partial charge on any atom is 0.248 e. The molecule has 96 valence electrons. The first-order chi connectivity index (χ1) is 8.97. The molecule has 0 saturated carbocycles. The van der Waals surface area contributed by atoms with E-state index in [0.717, 1.165) is 0 Å². The summed E-state index contributed by atoms with van der Waals surface area (Å²) in [4.78, 5) is 23.4. The lowest BCUT2D eigenvalue weighted by molar-refractivity contribution is 0.1000. The molecule has 0 aliphatic heterocycles. The monoisotopic (exact) mass is 255 g/mol. The quantitative estimate of drug-likeness (QED) is 0.564. The van der Waals surface area contributed by atoms with Gasteiger partial charge in [0, 0.05) is 28.1 Å².